The van der Waals surface area contributed by atoms with Crippen molar-refractivity contribution in [2.75, 3.05) is 13.9 Å². The number of nitrogens with zero attached hydrogens (tertiary/aromatic N) is 1. The second kappa shape index (κ2) is 6.86. The van der Waals surface area contributed by atoms with Gasteiger partial charge in [-0.05, 0) is 29.8 Å². The van der Waals surface area contributed by atoms with Crippen LogP contribution in [-0.2, 0) is 11.3 Å². The maximum absolute atomic E-state index is 12.1. The molecule has 0 atom stereocenters. The first-order valence-electron chi connectivity index (χ1n) is 7.07. The molecule has 0 radical (unpaired) electrons. The molecule has 2 aromatic rings. The molecule has 0 saturated carbocycles. The van der Waals surface area contributed by atoms with E-state index in [0.29, 0.717) is 22.1 Å². The monoisotopic (exact) mass is 365 g/mol. The Bertz CT molecular complexity index is 853. The van der Waals surface area contributed by atoms with E-state index in [2.05, 4.69) is 0 Å². The summed E-state index contributed by atoms with van der Waals surface area (Å²) in [5.74, 6) is 0.268. The highest BCUT2D eigenvalue weighted by Crippen LogP contribution is 2.40. The van der Waals surface area contributed by atoms with Gasteiger partial charge in [-0.3, -0.25) is 10.1 Å². The van der Waals surface area contributed by atoms with Gasteiger partial charge >= 0.3 is 11.7 Å². The molecule has 0 unspecified atom stereocenters. The van der Waals surface area contributed by atoms with E-state index >= 15 is 0 Å². The SMILES string of the molecule is COc1ccc(C(=O)OCc2cc(Cl)c3c(c2)OCO3)cc1[N+](=O)[O-]. The summed E-state index contributed by atoms with van der Waals surface area (Å²) in [4.78, 5) is 22.5. The average Bonchev–Trinajstić information content (AvgIpc) is 3.08. The number of halogens is 1. The quantitative estimate of drug-likeness (QED) is 0.455. The fraction of sp³-hybridized carbons (Fsp3) is 0.188. The highest BCUT2D eigenvalue weighted by molar-refractivity contribution is 6.32. The molecule has 0 aliphatic carbocycles. The zero-order valence-electron chi connectivity index (χ0n) is 13.0. The number of esters is 1. The largest absolute Gasteiger partial charge is 0.490 e. The molecule has 0 N–H and O–H groups in total. The summed E-state index contributed by atoms with van der Waals surface area (Å²) in [7, 11) is 1.31. The number of rotatable bonds is 5. The number of fused-ring (bicyclic) bond motifs is 1. The molecule has 0 saturated heterocycles. The van der Waals surface area contributed by atoms with Crippen LogP contribution in [0.1, 0.15) is 15.9 Å². The Labute approximate surface area is 147 Å². The number of ether oxygens (including phenoxy) is 4. The number of nitro benzene ring substituents is 1. The number of nitro groups is 1. The lowest BCUT2D eigenvalue weighted by Crippen LogP contribution is -2.06. The Morgan fingerprint density at radius 3 is 2.84 bits per heavy atom. The van der Waals surface area contributed by atoms with Gasteiger partial charge in [-0.2, -0.15) is 0 Å². The third kappa shape index (κ3) is 3.43. The molecule has 0 fully saturated rings. The number of carbonyl (C=O) groups excluding carboxylic acids is 1. The number of hydrogen-bond donors (Lipinski definition) is 0. The van der Waals surface area contributed by atoms with Crippen molar-refractivity contribution >= 4 is 23.3 Å². The molecule has 1 aliphatic heterocycles. The fourth-order valence-corrected chi connectivity index (χ4v) is 2.58. The van der Waals surface area contributed by atoms with Crippen molar-refractivity contribution in [2.45, 2.75) is 6.61 Å². The standard InChI is InChI=1S/C16H12ClNO7/c1-22-13-3-2-10(6-12(13)18(20)21)16(19)23-7-9-4-11(17)15-14(5-9)24-8-25-15/h2-6H,7-8H2,1H3. The van der Waals surface area contributed by atoms with Crippen LogP contribution in [0.2, 0.25) is 5.02 Å². The van der Waals surface area contributed by atoms with Crippen molar-refractivity contribution in [3.63, 3.8) is 0 Å². The molecular formula is C16H12ClNO7. The molecule has 3 rings (SSSR count). The van der Waals surface area contributed by atoms with Crippen LogP contribution in [0, 0.1) is 10.1 Å². The Morgan fingerprint density at radius 1 is 1.32 bits per heavy atom. The lowest BCUT2D eigenvalue weighted by molar-refractivity contribution is -0.385. The van der Waals surface area contributed by atoms with Gasteiger partial charge < -0.3 is 18.9 Å². The topological polar surface area (TPSA) is 97.1 Å². The molecule has 25 heavy (non-hydrogen) atoms. The number of benzene rings is 2. The first kappa shape index (κ1) is 16.8. The van der Waals surface area contributed by atoms with Gasteiger partial charge in [0.2, 0.25) is 6.79 Å². The summed E-state index contributed by atoms with van der Waals surface area (Å²) >= 11 is 6.06. The van der Waals surface area contributed by atoms with Crippen molar-refractivity contribution in [3.8, 4) is 17.2 Å². The molecule has 9 heteroatoms. The Morgan fingerprint density at radius 2 is 2.12 bits per heavy atom. The van der Waals surface area contributed by atoms with Gasteiger partial charge in [0.25, 0.3) is 0 Å². The van der Waals surface area contributed by atoms with Gasteiger partial charge in [0, 0.05) is 6.07 Å². The second-order valence-corrected chi connectivity index (χ2v) is 5.44. The van der Waals surface area contributed by atoms with Crippen LogP contribution in [0.3, 0.4) is 0 Å². The van der Waals surface area contributed by atoms with E-state index < -0.39 is 10.9 Å². The highest BCUT2D eigenvalue weighted by Gasteiger charge is 2.21. The van der Waals surface area contributed by atoms with Crippen LogP contribution in [0.15, 0.2) is 30.3 Å². The Hall–Kier alpha value is -3.00. The summed E-state index contributed by atoms with van der Waals surface area (Å²) < 4.78 is 20.5. The third-order valence-electron chi connectivity index (χ3n) is 3.47. The lowest BCUT2D eigenvalue weighted by Gasteiger charge is -2.08. The van der Waals surface area contributed by atoms with E-state index in [4.69, 9.17) is 30.5 Å². The molecule has 1 aliphatic rings. The number of carbonyl (C=O) groups is 1. The van der Waals surface area contributed by atoms with Crippen LogP contribution in [0.5, 0.6) is 17.2 Å². The van der Waals surface area contributed by atoms with Gasteiger partial charge in [-0.15, -0.1) is 0 Å². The van der Waals surface area contributed by atoms with Gasteiger partial charge in [0.05, 0.1) is 22.6 Å². The normalized spacial score (nSPS) is 11.9. The zero-order chi connectivity index (χ0) is 18.0. The molecule has 1 heterocycles. The van der Waals surface area contributed by atoms with E-state index in [-0.39, 0.29) is 30.4 Å². The van der Waals surface area contributed by atoms with E-state index in [1.165, 1.54) is 19.2 Å². The molecule has 130 valence electrons. The third-order valence-corrected chi connectivity index (χ3v) is 3.75. The molecular weight excluding hydrogens is 354 g/mol. The Kier molecular flexibility index (Phi) is 4.62. The average molecular weight is 366 g/mol. The van der Waals surface area contributed by atoms with Gasteiger partial charge in [0.15, 0.2) is 17.2 Å². The molecule has 8 nitrogen and oxygen atoms in total. The number of methoxy groups -OCH3 is 1. The highest BCUT2D eigenvalue weighted by atomic mass is 35.5. The van der Waals surface area contributed by atoms with E-state index in [1.807, 2.05) is 0 Å². The number of hydrogen-bond acceptors (Lipinski definition) is 7. The molecule has 0 bridgehead atoms. The maximum Gasteiger partial charge on any atom is 0.338 e. The fourth-order valence-electron chi connectivity index (χ4n) is 2.30. The summed E-state index contributed by atoms with van der Waals surface area (Å²) in [6, 6.07) is 7.08. The van der Waals surface area contributed by atoms with Crippen LogP contribution in [0.4, 0.5) is 5.69 Å². The summed E-state index contributed by atoms with van der Waals surface area (Å²) in [6.45, 7) is 0.00281. The minimum absolute atomic E-state index is 0.0411. The molecule has 2 aromatic carbocycles. The first-order chi connectivity index (χ1) is 12.0. The summed E-state index contributed by atoms with van der Waals surface area (Å²) in [5.41, 5.74) is 0.327. The van der Waals surface area contributed by atoms with Gasteiger partial charge in [-0.25, -0.2) is 4.79 Å². The van der Waals surface area contributed by atoms with E-state index in [9.17, 15) is 14.9 Å². The van der Waals surface area contributed by atoms with Crippen molar-refractivity contribution in [2.24, 2.45) is 0 Å². The van der Waals surface area contributed by atoms with Crippen LogP contribution in [-0.4, -0.2) is 24.8 Å². The minimum Gasteiger partial charge on any atom is -0.490 e. The summed E-state index contributed by atoms with van der Waals surface area (Å²) in [5, 5.41) is 11.4. The van der Waals surface area contributed by atoms with E-state index in [1.54, 1.807) is 12.1 Å². The smallest absolute Gasteiger partial charge is 0.338 e. The van der Waals surface area contributed by atoms with Crippen LogP contribution in [0.25, 0.3) is 0 Å². The Balaban J connectivity index is 1.74. The molecule has 0 spiro atoms. The lowest BCUT2D eigenvalue weighted by atomic mass is 10.2. The van der Waals surface area contributed by atoms with E-state index in [0.717, 1.165) is 6.07 Å². The van der Waals surface area contributed by atoms with Crippen LogP contribution < -0.4 is 14.2 Å². The molecule has 0 amide bonds. The first-order valence-corrected chi connectivity index (χ1v) is 7.45. The molecule has 0 aromatic heterocycles. The minimum atomic E-state index is -0.709. The maximum atomic E-state index is 12.1. The van der Waals surface area contributed by atoms with Crippen molar-refractivity contribution in [1.29, 1.82) is 0 Å². The van der Waals surface area contributed by atoms with Gasteiger partial charge in [0.1, 0.15) is 6.61 Å². The zero-order valence-corrected chi connectivity index (χ0v) is 13.7. The van der Waals surface area contributed by atoms with Crippen molar-refractivity contribution in [3.05, 3.63) is 56.6 Å². The summed E-state index contributed by atoms with van der Waals surface area (Å²) in [6.07, 6.45) is 0. The second-order valence-electron chi connectivity index (χ2n) is 5.03. The predicted molar refractivity (Wildman–Crippen MR) is 86.3 cm³/mol. The van der Waals surface area contributed by atoms with Crippen molar-refractivity contribution in [1.82, 2.24) is 0 Å². The van der Waals surface area contributed by atoms with Gasteiger partial charge in [-0.1, -0.05) is 11.6 Å². The predicted octanol–water partition coefficient (Wildman–Crippen LogP) is 3.34. The van der Waals surface area contributed by atoms with Crippen LogP contribution >= 0.6 is 11.6 Å². The van der Waals surface area contributed by atoms with Crippen molar-refractivity contribution < 1.29 is 28.7 Å².